The van der Waals surface area contributed by atoms with Crippen molar-refractivity contribution >= 4 is 16.9 Å². The van der Waals surface area contributed by atoms with Crippen molar-refractivity contribution < 1.29 is 4.79 Å². The zero-order valence-electron chi connectivity index (χ0n) is 16.4. The predicted molar refractivity (Wildman–Crippen MR) is 109 cm³/mol. The first kappa shape index (κ1) is 17.8. The smallest absolute Gasteiger partial charge is 0.223 e. The number of likely N-dealkylation sites (tertiary alicyclic amines) is 1. The molecule has 140 valence electrons. The number of hydrogen-bond acceptors (Lipinski definition) is 2. The highest BCUT2D eigenvalue weighted by Gasteiger charge is 2.31. The minimum atomic E-state index is 0.161. The zero-order chi connectivity index (χ0) is 19.0. The van der Waals surface area contributed by atoms with E-state index in [0.29, 0.717) is 12.3 Å². The highest BCUT2D eigenvalue weighted by atomic mass is 16.2. The fourth-order valence-electron chi connectivity index (χ4n) is 3.98. The summed E-state index contributed by atoms with van der Waals surface area (Å²) in [6.45, 7) is 6.02. The second kappa shape index (κ2) is 7.18. The molecule has 4 heteroatoms. The Balaban J connectivity index is 1.70. The number of benzene rings is 2. The number of rotatable bonds is 5. The molecule has 0 saturated carbocycles. The maximum Gasteiger partial charge on any atom is 0.223 e. The van der Waals surface area contributed by atoms with Crippen molar-refractivity contribution in [2.75, 3.05) is 13.6 Å². The van der Waals surface area contributed by atoms with Crippen LogP contribution in [0.3, 0.4) is 0 Å². The average Bonchev–Trinajstić information content (AvgIpc) is 3.22. The molecule has 27 heavy (non-hydrogen) atoms. The number of nitrogens with zero attached hydrogens (tertiary/aromatic N) is 3. The standard InChI is InChI=1S/C23H27N3O/c1-4-16(2)18-11-9-17(10-12-18)14-26-21-8-6-5-7-20(21)24-23(26)19-13-22(27)25(3)15-19/h5-12,16,19H,4,13-15H2,1-3H3. The molecule has 1 aliphatic rings. The molecular weight excluding hydrogens is 334 g/mol. The number of amides is 1. The molecule has 1 aliphatic heterocycles. The summed E-state index contributed by atoms with van der Waals surface area (Å²) in [7, 11) is 1.88. The highest BCUT2D eigenvalue weighted by Crippen LogP contribution is 2.30. The normalized spacial score (nSPS) is 18.4. The number of fused-ring (bicyclic) bond motifs is 1. The van der Waals surface area contributed by atoms with Crippen molar-refractivity contribution in [2.24, 2.45) is 0 Å². The molecule has 1 saturated heterocycles. The second-order valence-corrected chi connectivity index (χ2v) is 7.77. The van der Waals surface area contributed by atoms with E-state index in [1.165, 1.54) is 11.1 Å². The summed E-state index contributed by atoms with van der Waals surface area (Å²) in [4.78, 5) is 18.8. The van der Waals surface area contributed by atoms with Crippen molar-refractivity contribution in [2.45, 2.75) is 45.1 Å². The summed E-state index contributed by atoms with van der Waals surface area (Å²) in [5, 5.41) is 0. The van der Waals surface area contributed by atoms with Gasteiger partial charge in [0.15, 0.2) is 0 Å². The van der Waals surface area contributed by atoms with Gasteiger partial charge in [0.25, 0.3) is 0 Å². The third-order valence-corrected chi connectivity index (χ3v) is 5.89. The van der Waals surface area contributed by atoms with E-state index in [9.17, 15) is 4.79 Å². The lowest BCUT2D eigenvalue weighted by atomic mass is 9.97. The summed E-state index contributed by atoms with van der Waals surface area (Å²) in [5.74, 6) is 1.98. The Morgan fingerprint density at radius 3 is 2.56 bits per heavy atom. The van der Waals surface area contributed by atoms with Crippen LogP contribution in [0.4, 0.5) is 0 Å². The number of carbonyl (C=O) groups excluding carboxylic acids is 1. The zero-order valence-corrected chi connectivity index (χ0v) is 16.4. The number of hydrogen-bond donors (Lipinski definition) is 0. The van der Waals surface area contributed by atoms with Crippen LogP contribution in [0.2, 0.25) is 0 Å². The van der Waals surface area contributed by atoms with E-state index in [1.807, 2.05) is 18.0 Å². The minimum absolute atomic E-state index is 0.161. The lowest BCUT2D eigenvalue weighted by molar-refractivity contribution is -0.126. The quantitative estimate of drug-likeness (QED) is 0.669. The Bertz CT molecular complexity index is 957. The van der Waals surface area contributed by atoms with E-state index in [2.05, 4.69) is 60.9 Å². The molecule has 2 aromatic carbocycles. The van der Waals surface area contributed by atoms with Gasteiger partial charge in [-0.05, 0) is 35.6 Å². The highest BCUT2D eigenvalue weighted by molar-refractivity contribution is 5.80. The number of likely N-dealkylation sites (N-methyl/N-ethyl adjacent to an activating group) is 1. The first-order valence-corrected chi connectivity index (χ1v) is 9.84. The SMILES string of the molecule is CCC(C)c1ccc(Cn2c(C3CC(=O)N(C)C3)nc3ccccc32)cc1. The number of imidazole rings is 1. The molecule has 4 rings (SSSR count). The molecule has 2 atom stereocenters. The van der Waals surface area contributed by atoms with Gasteiger partial charge in [0.1, 0.15) is 5.82 Å². The Labute approximate surface area is 160 Å². The summed E-state index contributed by atoms with van der Waals surface area (Å²) < 4.78 is 2.30. The topological polar surface area (TPSA) is 38.1 Å². The van der Waals surface area contributed by atoms with Crippen LogP contribution in [0.5, 0.6) is 0 Å². The largest absolute Gasteiger partial charge is 0.345 e. The molecule has 4 nitrogen and oxygen atoms in total. The van der Waals surface area contributed by atoms with Crippen LogP contribution in [0, 0.1) is 0 Å². The Hall–Kier alpha value is -2.62. The fourth-order valence-corrected chi connectivity index (χ4v) is 3.98. The summed E-state index contributed by atoms with van der Waals surface area (Å²) >= 11 is 0. The third-order valence-electron chi connectivity index (χ3n) is 5.89. The van der Waals surface area contributed by atoms with Gasteiger partial charge in [-0.1, -0.05) is 50.2 Å². The Morgan fingerprint density at radius 1 is 1.15 bits per heavy atom. The molecule has 1 amide bonds. The summed E-state index contributed by atoms with van der Waals surface area (Å²) in [6.07, 6.45) is 1.70. The lowest BCUT2D eigenvalue weighted by Gasteiger charge is -2.15. The maximum atomic E-state index is 12.1. The molecule has 0 radical (unpaired) electrons. The molecule has 2 heterocycles. The summed E-state index contributed by atoms with van der Waals surface area (Å²) in [6, 6.07) is 17.2. The van der Waals surface area contributed by atoms with Gasteiger partial charge in [0.2, 0.25) is 5.91 Å². The molecule has 0 aliphatic carbocycles. The molecule has 0 spiro atoms. The van der Waals surface area contributed by atoms with E-state index in [1.54, 1.807) is 0 Å². The summed E-state index contributed by atoms with van der Waals surface area (Å²) in [5.41, 5.74) is 4.80. The number of aromatic nitrogens is 2. The van der Waals surface area contributed by atoms with Gasteiger partial charge < -0.3 is 9.47 Å². The Morgan fingerprint density at radius 2 is 1.89 bits per heavy atom. The van der Waals surface area contributed by atoms with Gasteiger partial charge >= 0.3 is 0 Å². The molecular formula is C23H27N3O. The van der Waals surface area contributed by atoms with Gasteiger partial charge in [0.05, 0.1) is 11.0 Å². The molecule has 2 unspecified atom stereocenters. The van der Waals surface area contributed by atoms with E-state index in [0.717, 1.165) is 36.4 Å². The van der Waals surface area contributed by atoms with Crippen molar-refractivity contribution in [1.29, 1.82) is 0 Å². The molecule has 1 fully saturated rings. The van der Waals surface area contributed by atoms with Gasteiger partial charge in [-0.3, -0.25) is 4.79 Å². The van der Waals surface area contributed by atoms with Gasteiger partial charge in [-0.2, -0.15) is 0 Å². The Kier molecular flexibility index (Phi) is 4.73. The van der Waals surface area contributed by atoms with Crippen molar-refractivity contribution in [3.05, 3.63) is 65.5 Å². The van der Waals surface area contributed by atoms with E-state index in [4.69, 9.17) is 4.98 Å². The van der Waals surface area contributed by atoms with Crippen LogP contribution in [-0.4, -0.2) is 34.0 Å². The van der Waals surface area contributed by atoms with Gasteiger partial charge in [-0.25, -0.2) is 4.98 Å². The van der Waals surface area contributed by atoms with Gasteiger partial charge in [0, 0.05) is 32.5 Å². The van der Waals surface area contributed by atoms with Crippen LogP contribution in [-0.2, 0) is 11.3 Å². The van der Waals surface area contributed by atoms with Crippen LogP contribution >= 0.6 is 0 Å². The fraction of sp³-hybridized carbons (Fsp3) is 0.391. The monoisotopic (exact) mass is 361 g/mol. The predicted octanol–water partition coefficient (Wildman–Crippen LogP) is 4.54. The average molecular weight is 361 g/mol. The van der Waals surface area contributed by atoms with E-state index >= 15 is 0 Å². The maximum absolute atomic E-state index is 12.1. The van der Waals surface area contributed by atoms with E-state index in [-0.39, 0.29) is 11.8 Å². The van der Waals surface area contributed by atoms with Gasteiger partial charge in [-0.15, -0.1) is 0 Å². The number of para-hydroxylation sites is 2. The van der Waals surface area contributed by atoms with Crippen LogP contribution in [0.25, 0.3) is 11.0 Å². The van der Waals surface area contributed by atoms with Crippen LogP contribution in [0.15, 0.2) is 48.5 Å². The third kappa shape index (κ3) is 3.36. The molecule has 1 aromatic heterocycles. The second-order valence-electron chi connectivity index (χ2n) is 7.77. The van der Waals surface area contributed by atoms with Crippen molar-refractivity contribution in [3.63, 3.8) is 0 Å². The molecule has 0 N–H and O–H groups in total. The first-order valence-electron chi connectivity index (χ1n) is 9.84. The van der Waals surface area contributed by atoms with Crippen LogP contribution < -0.4 is 0 Å². The number of carbonyl (C=O) groups is 1. The van der Waals surface area contributed by atoms with Crippen molar-refractivity contribution in [3.8, 4) is 0 Å². The van der Waals surface area contributed by atoms with E-state index < -0.39 is 0 Å². The lowest BCUT2D eigenvalue weighted by Crippen LogP contribution is -2.19. The van der Waals surface area contributed by atoms with Crippen LogP contribution in [0.1, 0.15) is 55.5 Å². The first-order chi connectivity index (χ1) is 13.1. The molecule has 3 aromatic rings. The van der Waals surface area contributed by atoms with Crippen molar-refractivity contribution in [1.82, 2.24) is 14.5 Å². The molecule has 0 bridgehead atoms. The minimum Gasteiger partial charge on any atom is -0.345 e.